The molecule has 3 aromatic heterocycles. The molecule has 0 amide bonds. The second-order valence-electron chi connectivity index (χ2n) is 3.01. The number of hydrogen-bond donors (Lipinski definition) is 0. The quantitative estimate of drug-likeness (QED) is 0.542. The molecule has 6 heteroatoms. The molecule has 0 spiro atoms. The first-order chi connectivity index (χ1) is 6.79. The largest absolute Gasteiger partial charge is 0.336 e. The van der Waals surface area contributed by atoms with Gasteiger partial charge in [-0.05, 0) is 11.4 Å². The van der Waals surface area contributed by atoms with Crippen LogP contribution in [0.4, 0.5) is 0 Å². The molecule has 0 saturated carbocycles. The standard InChI is InChI=1S/C8H6N4OS/c1-11-7-5(2-3-14-7)6-10-9-4-12(6)8(11)13/h2-4H,1H3. The summed E-state index contributed by atoms with van der Waals surface area (Å²) < 4.78 is 3.06. The SMILES string of the molecule is Cn1c(=O)n2cnnc2c2ccsc21. The van der Waals surface area contributed by atoms with Crippen molar-refractivity contribution in [3.05, 3.63) is 28.3 Å². The van der Waals surface area contributed by atoms with Crippen LogP contribution in [0.15, 0.2) is 22.6 Å². The molecule has 14 heavy (non-hydrogen) atoms. The van der Waals surface area contributed by atoms with Crippen molar-refractivity contribution in [1.29, 1.82) is 0 Å². The highest BCUT2D eigenvalue weighted by Crippen LogP contribution is 2.21. The van der Waals surface area contributed by atoms with Crippen molar-refractivity contribution in [2.75, 3.05) is 0 Å². The maximum atomic E-state index is 11.8. The van der Waals surface area contributed by atoms with Crippen LogP contribution in [0.1, 0.15) is 0 Å². The van der Waals surface area contributed by atoms with E-state index in [1.807, 2.05) is 11.4 Å². The Balaban J connectivity index is 2.81. The second kappa shape index (κ2) is 2.42. The normalized spacial score (nSPS) is 11.5. The Hall–Kier alpha value is -1.69. The van der Waals surface area contributed by atoms with Crippen molar-refractivity contribution in [2.24, 2.45) is 7.05 Å². The van der Waals surface area contributed by atoms with Gasteiger partial charge >= 0.3 is 5.69 Å². The third-order valence-corrected chi connectivity index (χ3v) is 3.22. The van der Waals surface area contributed by atoms with Crippen molar-refractivity contribution in [3.63, 3.8) is 0 Å². The van der Waals surface area contributed by atoms with E-state index in [1.54, 1.807) is 11.6 Å². The molecule has 0 aliphatic heterocycles. The van der Waals surface area contributed by atoms with Crippen LogP contribution >= 0.6 is 11.3 Å². The van der Waals surface area contributed by atoms with E-state index in [4.69, 9.17) is 0 Å². The van der Waals surface area contributed by atoms with Crippen LogP contribution in [0.3, 0.4) is 0 Å². The van der Waals surface area contributed by atoms with E-state index in [-0.39, 0.29) is 5.69 Å². The van der Waals surface area contributed by atoms with Crippen LogP contribution < -0.4 is 5.69 Å². The van der Waals surface area contributed by atoms with E-state index in [1.165, 1.54) is 22.1 Å². The zero-order valence-electron chi connectivity index (χ0n) is 7.34. The van der Waals surface area contributed by atoms with Gasteiger partial charge in [-0.1, -0.05) is 0 Å². The Labute approximate surface area is 82.2 Å². The molecule has 3 heterocycles. The molecule has 0 aliphatic carbocycles. The van der Waals surface area contributed by atoms with E-state index in [0.29, 0.717) is 5.65 Å². The molecule has 70 valence electrons. The molecule has 0 aromatic carbocycles. The minimum atomic E-state index is -0.111. The molecular weight excluding hydrogens is 200 g/mol. The van der Waals surface area contributed by atoms with Gasteiger partial charge in [0.25, 0.3) is 0 Å². The summed E-state index contributed by atoms with van der Waals surface area (Å²) in [5.41, 5.74) is 0.518. The Morgan fingerprint density at radius 2 is 2.36 bits per heavy atom. The first-order valence-corrected chi connectivity index (χ1v) is 4.93. The predicted octanol–water partition coefficient (Wildman–Crippen LogP) is 0.643. The summed E-state index contributed by atoms with van der Waals surface area (Å²) >= 11 is 1.53. The third kappa shape index (κ3) is 0.759. The zero-order valence-corrected chi connectivity index (χ0v) is 8.15. The van der Waals surface area contributed by atoms with Gasteiger partial charge in [-0.15, -0.1) is 21.5 Å². The van der Waals surface area contributed by atoms with Gasteiger partial charge in [-0.3, -0.25) is 4.57 Å². The average Bonchev–Trinajstić information content (AvgIpc) is 2.80. The smallest absolute Gasteiger partial charge is 0.287 e. The molecule has 3 aromatic rings. The number of aryl methyl sites for hydroxylation is 1. The van der Waals surface area contributed by atoms with E-state index in [0.717, 1.165) is 10.2 Å². The van der Waals surface area contributed by atoms with Crippen molar-refractivity contribution < 1.29 is 0 Å². The van der Waals surface area contributed by atoms with E-state index in [9.17, 15) is 4.79 Å². The fourth-order valence-electron chi connectivity index (χ4n) is 1.54. The summed E-state index contributed by atoms with van der Waals surface area (Å²) in [6.07, 6.45) is 1.44. The number of thiophene rings is 1. The van der Waals surface area contributed by atoms with Gasteiger partial charge in [0.05, 0.1) is 5.39 Å². The van der Waals surface area contributed by atoms with E-state index >= 15 is 0 Å². The Morgan fingerprint density at radius 3 is 3.21 bits per heavy atom. The molecule has 0 atom stereocenters. The second-order valence-corrected chi connectivity index (χ2v) is 3.90. The van der Waals surface area contributed by atoms with Gasteiger partial charge in [0, 0.05) is 7.05 Å². The summed E-state index contributed by atoms with van der Waals surface area (Å²) in [7, 11) is 1.75. The van der Waals surface area contributed by atoms with Gasteiger partial charge in [0.2, 0.25) is 0 Å². The van der Waals surface area contributed by atoms with E-state index in [2.05, 4.69) is 10.2 Å². The van der Waals surface area contributed by atoms with Gasteiger partial charge in [-0.25, -0.2) is 9.20 Å². The summed E-state index contributed by atoms with van der Waals surface area (Å²) in [5.74, 6) is 0. The van der Waals surface area contributed by atoms with Gasteiger partial charge in [0.15, 0.2) is 5.65 Å². The number of hydrogen-bond acceptors (Lipinski definition) is 4. The lowest BCUT2D eigenvalue weighted by atomic mass is 10.4. The molecule has 0 fully saturated rings. The molecular formula is C8H6N4OS. The van der Waals surface area contributed by atoms with Crippen molar-refractivity contribution in [2.45, 2.75) is 0 Å². The molecule has 3 rings (SSSR count). The Morgan fingerprint density at radius 1 is 1.50 bits per heavy atom. The molecule has 0 radical (unpaired) electrons. The predicted molar refractivity (Wildman–Crippen MR) is 53.6 cm³/mol. The van der Waals surface area contributed by atoms with Gasteiger partial charge in [0.1, 0.15) is 11.2 Å². The van der Waals surface area contributed by atoms with Gasteiger partial charge in [-0.2, -0.15) is 0 Å². The Bertz CT molecular complexity index is 677. The van der Waals surface area contributed by atoms with Gasteiger partial charge < -0.3 is 0 Å². The highest BCUT2D eigenvalue weighted by atomic mass is 32.1. The Kier molecular flexibility index (Phi) is 1.33. The topological polar surface area (TPSA) is 52.2 Å². The highest BCUT2D eigenvalue weighted by molar-refractivity contribution is 7.16. The minimum Gasteiger partial charge on any atom is -0.287 e. The molecule has 0 bridgehead atoms. The summed E-state index contributed by atoms with van der Waals surface area (Å²) in [6.45, 7) is 0. The summed E-state index contributed by atoms with van der Waals surface area (Å²) in [5, 5.41) is 10.6. The molecule has 0 unspecified atom stereocenters. The maximum Gasteiger partial charge on any atom is 0.336 e. The maximum absolute atomic E-state index is 11.8. The van der Waals surface area contributed by atoms with Crippen molar-refractivity contribution >= 4 is 27.2 Å². The summed E-state index contributed by atoms with van der Waals surface area (Å²) in [4.78, 5) is 12.7. The summed E-state index contributed by atoms with van der Waals surface area (Å²) in [6, 6.07) is 1.95. The first-order valence-electron chi connectivity index (χ1n) is 4.05. The lowest BCUT2D eigenvalue weighted by Crippen LogP contribution is -2.23. The number of fused-ring (bicyclic) bond motifs is 3. The van der Waals surface area contributed by atoms with Crippen LogP contribution in [0, 0.1) is 0 Å². The average molecular weight is 206 g/mol. The fraction of sp³-hybridized carbons (Fsp3) is 0.125. The lowest BCUT2D eigenvalue weighted by Gasteiger charge is -2.00. The van der Waals surface area contributed by atoms with Crippen LogP contribution in [0.25, 0.3) is 15.9 Å². The molecule has 0 saturated heterocycles. The molecule has 5 nitrogen and oxygen atoms in total. The van der Waals surface area contributed by atoms with Crippen LogP contribution in [-0.2, 0) is 7.05 Å². The number of nitrogens with zero attached hydrogens (tertiary/aromatic N) is 4. The first kappa shape index (κ1) is 7.69. The van der Waals surface area contributed by atoms with Crippen molar-refractivity contribution in [1.82, 2.24) is 19.2 Å². The van der Waals surface area contributed by atoms with Crippen molar-refractivity contribution in [3.8, 4) is 0 Å². The highest BCUT2D eigenvalue weighted by Gasteiger charge is 2.09. The zero-order chi connectivity index (χ0) is 9.71. The minimum absolute atomic E-state index is 0.111. The fourth-order valence-corrected chi connectivity index (χ4v) is 2.39. The monoisotopic (exact) mass is 206 g/mol. The lowest BCUT2D eigenvalue weighted by molar-refractivity contribution is 0.831. The molecule has 0 aliphatic rings. The number of aromatic nitrogens is 4. The van der Waals surface area contributed by atoms with E-state index < -0.39 is 0 Å². The third-order valence-electron chi connectivity index (χ3n) is 2.23. The number of rotatable bonds is 0. The molecule has 0 N–H and O–H groups in total. The van der Waals surface area contributed by atoms with Crippen LogP contribution in [0.2, 0.25) is 0 Å². The van der Waals surface area contributed by atoms with Crippen LogP contribution in [-0.4, -0.2) is 19.2 Å². The van der Waals surface area contributed by atoms with Crippen LogP contribution in [0.5, 0.6) is 0 Å².